The summed E-state index contributed by atoms with van der Waals surface area (Å²) in [6, 6.07) is -1.16. The van der Waals surface area contributed by atoms with Crippen molar-refractivity contribution in [3.8, 4) is 0 Å². The first-order valence-electron chi connectivity index (χ1n) is 8.25. The van der Waals surface area contributed by atoms with E-state index in [0.29, 0.717) is 0 Å². The maximum absolute atomic E-state index is 12.6. The van der Waals surface area contributed by atoms with Gasteiger partial charge in [-0.25, -0.2) is 0 Å². The highest BCUT2D eigenvalue weighted by atomic mass is 32.1. The number of carbonyl (C=O) groups excluding carboxylic acids is 3. The fraction of sp³-hybridized carbons (Fsp3) is 0.688. The van der Waals surface area contributed by atoms with E-state index in [2.05, 4.69) is 0 Å². The number of hydrogen-bond acceptors (Lipinski definition) is 8. The third-order valence-electron chi connectivity index (χ3n) is 3.98. The van der Waals surface area contributed by atoms with E-state index in [-0.39, 0.29) is 30.7 Å². The largest absolute Gasteiger partial charge is 0.481 e. The van der Waals surface area contributed by atoms with Crippen molar-refractivity contribution in [1.29, 1.82) is 0 Å². The molecule has 10 nitrogen and oxygen atoms in total. The van der Waals surface area contributed by atoms with Gasteiger partial charge >= 0.3 is 5.97 Å². The number of likely N-dealkylation sites (N-methyl/N-ethyl adjacent to an activating group) is 1. The van der Waals surface area contributed by atoms with Crippen molar-refractivity contribution in [2.75, 3.05) is 20.2 Å². The van der Waals surface area contributed by atoms with E-state index < -0.39 is 54.2 Å². The average Bonchev–Trinajstić information content (AvgIpc) is 2.56. The van der Waals surface area contributed by atoms with Crippen LogP contribution in [0.4, 0.5) is 0 Å². The first-order valence-corrected chi connectivity index (χ1v) is 8.66. The maximum Gasteiger partial charge on any atom is 0.309 e. The minimum atomic E-state index is -1.23. The van der Waals surface area contributed by atoms with Crippen molar-refractivity contribution in [3.05, 3.63) is 0 Å². The molecule has 2 amide bonds. The van der Waals surface area contributed by atoms with Crippen molar-refractivity contribution in [2.45, 2.75) is 38.3 Å². The molecule has 0 radical (unpaired) electrons. The van der Waals surface area contributed by atoms with Crippen molar-refractivity contribution in [2.24, 2.45) is 23.3 Å². The van der Waals surface area contributed by atoms with Gasteiger partial charge in [0.15, 0.2) is 5.78 Å². The highest BCUT2D eigenvalue weighted by molar-refractivity contribution is 7.80. The normalized spacial score (nSPS) is 15.3. The predicted molar refractivity (Wildman–Crippen MR) is 99.6 cm³/mol. The quantitative estimate of drug-likeness (QED) is 0.217. The number of aliphatic hydroxyl groups excluding tert-OH is 2. The molecule has 4 atom stereocenters. The number of amides is 2. The summed E-state index contributed by atoms with van der Waals surface area (Å²) in [5, 5.41) is 27.4. The fourth-order valence-corrected chi connectivity index (χ4v) is 2.75. The monoisotopic (exact) mass is 405 g/mol. The van der Waals surface area contributed by atoms with Gasteiger partial charge in [-0.15, -0.1) is 0 Å². The molecule has 154 valence electrons. The zero-order valence-corrected chi connectivity index (χ0v) is 16.1. The SMILES string of the molecule is CC(O)[C@@H](N)C(=O)CN(C)C(=O)[C@@H](CC(N)=O)CC(=S)C[C@H](CO)C(=O)O. The molecular formula is C16H27N3O7S. The molecule has 0 fully saturated rings. The van der Waals surface area contributed by atoms with Gasteiger partial charge in [0.25, 0.3) is 0 Å². The van der Waals surface area contributed by atoms with Crippen LogP contribution >= 0.6 is 12.2 Å². The lowest BCUT2D eigenvalue weighted by atomic mass is 9.93. The molecule has 0 rings (SSSR count). The third-order valence-corrected chi connectivity index (χ3v) is 4.31. The van der Waals surface area contributed by atoms with Crippen LogP contribution in [0.3, 0.4) is 0 Å². The number of Topliss-reactive ketones (excluding diaryl/α,β-unsaturated/α-hetero) is 1. The summed E-state index contributed by atoms with van der Waals surface area (Å²) >= 11 is 5.10. The number of carboxylic acid groups (broad SMARTS) is 1. The molecule has 0 aliphatic carbocycles. The molecule has 0 aromatic heterocycles. The molecule has 0 heterocycles. The van der Waals surface area contributed by atoms with E-state index in [9.17, 15) is 24.3 Å². The van der Waals surface area contributed by atoms with Crippen molar-refractivity contribution in [1.82, 2.24) is 4.90 Å². The molecule has 0 saturated heterocycles. The Hall–Kier alpha value is -1.95. The van der Waals surface area contributed by atoms with Gasteiger partial charge in [-0.05, 0) is 24.6 Å². The predicted octanol–water partition coefficient (Wildman–Crippen LogP) is -1.94. The summed E-state index contributed by atoms with van der Waals surface area (Å²) in [4.78, 5) is 48.0. The van der Waals surface area contributed by atoms with Gasteiger partial charge in [-0.2, -0.15) is 0 Å². The standard InChI is InChI=1S/C16H27N3O7S/c1-8(21)14(18)12(22)6-19(2)15(24)9(5-13(17)23)3-11(27)4-10(7-20)16(25)26/h8-10,14,20-21H,3-7,18H2,1-2H3,(H2,17,23)(H,25,26)/t8?,9-,10-,14-/m1/s1. The van der Waals surface area contributed by atoms with Gasteiger partial charge < -0.3 is 31.7 Å². The minimum absolute atomic E-state index is 0.0954. The Balaban J connectivity index is 5.08. The molecule has 27 heavy (non-hydrogen) atoms. The van der Waals surface area contributed by atoms with Crippen LogP contribution in [0.2, 0.25) is 0 Å². The van der Waals surface area contributed by atoms with Crippen molar-refractivity contribution < 1.29 is 34.5 Å². The zero-order chi connectivity index (χ0) is 21.3. The van der Waals surface area contributed by atoms with Gasteiger partial charge in [-0.1, -0.05) is 12.2 Å². The molecule has 0 aromatic carbocycles. The number of carboxylic acids is 1. The summed E-state index contributed by atoms with van der Waals surface area (Å²) in [6.07, 6.45) is -1.65. The minimum Gasteiger partial charge on any atom is -0.481 e. The van der Waals surface area contributed by atoms with Crippen LogP contribution in [-0.2, 0) is 19.2 Å². The molecule has 0 aliphatic rings. The first kappa shape index (κ1) is 25.1. The molecular weight excluding hydrogens is 378 g/mol. The fourth-order valence-electron chi connectivity index (χ4n) is 2.35. The lowest BCUT2D eigenvalue weighted by Gasteiger charge is -2.25. The number of carbonyl (C=O) groups is 4. The van der Waals surface area contributed by atoms with Gasteiger partial charge in [0.05, 0.1) is 37.1 Å². The smallest absolute Gasteiger partial charge is 0.309 e. The van der Waals surface area contributed by atoms with Crippen LogP contribution in [-0.4, -0.2) is 81.0 Å². The Morgan fingerprint density at radius 1 is 1.11 bits per heavy atom. The number of rotatable bonds is 13. The molecule has 11 heteroatoms. The Kier molecular flexibility index (Phi) is 10.9. The zero-order valence-electron chi connectivity index (χ0n) is 15.3. The summed E-state index contributed by atoms with van der Waals surface area (Å²) < 4.78 is 0. The molecule has 0 spiro atoms. The van der Waals surface area contributed by atoms with Crippen LogP contribution in [0.25, 0.3) is 0 Å². The summed E-state index contributed by atoms with van der Waals surface area (Å²) in [6.45, 7) is 0.357. The number of aliphatic carboxylic acids is 1. The van der Waals surface area contributed by atoms with E-state index >= 15 is 0 Å². The number of aliphatic hydroxyl groups is 2. The van der Waals surface area contributed by atoms with E-state index in [0.717, 1.165) is 4.90 Å². The second-order valence-electron chi connectivity index (χ2n) is 6.46. The number of nitrogens with two attached hydrogens (primary N) is 2. The second kappa shape index (κ2) is 11.7. The van der Waals surface area contributed by atoms with E-state index in [4.69, 9.17) is 33.9 Å². The van der Waals surface area contributed by atoms with Crippen LogP contribution in [0.15, 0.2) is 0 Å². The average molecular weight is 405 g/mol. The van der Waals surface area contributed by atoms with Gasteiger partial charge in [0, 0.05) is 13.5 Å². The molecule has 0 saturated carbocycles. The molecule has 1 unspecified atom stereocenters. The van der Waals surface area contributed by atoms with Crippen molar-refractivity contribution >= 4 is 40.6 Å². The topological polar surface area (TPSA) is 184 Å². The van der Waals surface area contributed by atoms with Crippen LogP contribution in [0, 0.1) is 11.8 Å². The van der Waals surface area contributed by atoms with E-state index in [1.807, 2.05) is 0 Å². The van der Waals surface area contributed by atoms with Crippen LogP contribution < -0.4 is 11.5 Å². The number of nitrogens with zero attached hydrogens (tertiary/aromatic N) is 1. The van der Waals surface area contributed by atoms with Crippen LogP contribution in [0.1, 0.15) is 26.2 Å². The van der Waals surface area contributed by atoms with E-state index in [1.54, 1.807) is 0 Å². The van der Waals surface area contributed by atoms with E-state index in [1.165, 1.54) is 14.0 Å². The lowest BCUT2D eigenvalue weighted by molar-refractivity contribution is -0.142. The Bertz CT molecular complexity index is 582. The van der Waals surface area contributed by atoms with Crippen LogP contribution in [0.5, 0.6) is 0 Å². The van der Waals surface area contributed by atoms with Gasteiger partial charge in [0.2, 0.25) is 11.8 Å². The van der Waals surface area contributed by atoms with Crippen molar-refractivity contribution in [3.63, 3.8) is 0 Å². The molecule has 0 bridgehead atoms. The summed E-state index contributed by atoms with van der Waals surface area (Å²) in [5.74, 6) is -5.21. The molecule has 7 N–H and O–H groups in total. The Labute approximate surface area is 162 Å². The lowest BCUT2D eigenvalue weighted by Crippen LogP contribution is -2.47. The van der Waals surface area contributed by atoms with Gasteiger partial charge in [-0.3, -0.25) is 19.2 Å². The molecule has 0 aromatic rings. The maximum atomic E-state index is 12.6. The Morgan fingerprint density at radius 2 is 1.63 bits per heavy atom. The summed E-state index contributed by atoms with van der Waals surface area (Å²) in [7, 11) is 1.33. The molecule has 0 aliphatic heterocycles. The second-order valence-corrected chi connectivity index (χ2v) is 7.04. The number of thiocarbonyl (C=S) groups is 1. The Morgan fingerprint density at radius 3 is 2.04 bits per heavy atom. The highest BCUT2D eigenvalue weighted by Crippen LogP contribution is 2.17. The third kappa shape index (κ3) is 9.00. The highest BCUT2D eigenvalue weighted by Gasteiger charge is 2.29. The number of hydrogen-bond donors (Lipinski definition) is 5. The summed E-state index contributed by atoms with van der Waals surface area (Å²) in [5.41, 5.74) is 10.7. The number of primary amides is 1. The van der Waals surface area contributed by atoms with Gasteiger partial charge in [0.1, 0.15) is 0 Å². The number of ketones is 1. The first-order chi connectivity index (χ1) is 12.4.